The minimum Gasteiger partial charge on any atom is -0.497 e. The fraction of sp³-hybridized carbons (Fsp3) is 0.562. The van der Waals surface area contributed by atoms with Crippen molar-refractivity contribution in [1.29, 1.82) is 0 Å². The highest BCUT2D eigenvalue weighted by Gasteiger charge is 2.39. The second kappa shape index (κ2) is 8.12. The van der Waals surface area contributed by atoms with E-state index in [0.29, 0.717) is 26.1 Å². The molecule has 3 atom stereocenters. The van der Waals surface area contributed by atoms with Gasteiger partial charge in [-0.25, -0.2) is 4.79 Å². The molecule has 0 saturated carbocycles. The minimum atomic E-state index is -0.878. The SMILES string of the molecule is COC(=O)[C@H]1O[C@H](CCOCc2ccc(OC)cc2)C[C@H]1O. The van der Waals surface area contributed by atoms with Gasteiger partial charge >= 0.3 is 5.97 Å². The summed E-state index contributed by atoms with van der Waals surface area (Å²) in [5.74, 6) is 0.278. The second-order valence-electron chi connectivity index (χ2n) is 5.19. The number of hydrogen-bond acceptors (Lipinski definition) is 6. The van der Waals surface area contributed by atoms with Crippen molar-refractivity contribution in [3.63, 3.8) is 0 Å². The molecule has 6 heteroatoms. The smallest absolute Gasteiger partial charge is 0.337 e. The van der Waals surface area contributed by atoms with E-state index in [9.17, 15) is 9.90 Å². The molecule has 6 nitrogen and oxygen atoms in total. The van der Waals surface area contributed by atoms with Crippen molar-refractivity contribution in [2.75, 3.05) is 20.8 Å². The summed E-state index contributed by atoms with van der Waals surface area (Å²) in [7, 11) is 2.91. The molecule has 1 fully saturated rings. The van der Waals surface area contributed by atoms with Crippen molar-refractivity contribution in [2.45, 2.75) is 37.8 Å². The third kappa shape index (κ3) is 4.43. The number of esters is 1. The summed E-state index contributed by atoms with van der Waals surface area (Å²) in [4.78, 5) is 11.4. The summed E-state index contributed by atoms with van der Waals surface area (Å²) in [6.07, 6.45) is -0.822. The van der Waals surface area contributed by atoms with E-state index in [-0.39, 0.29) is 6.10 Å². The number of rotatable bonds is 7. The van der Waals surface area contributed by atoms with E-state index in [4.69, 9.17) is 14.2 Å². The highest BCUT2D eigenvalue weighted by atomic mass is 16.6. The highest BCUT2D eigenvalue weighted by molar-refractivity contribution is 5.75. The maximum Gasteiger partial charge on any atom is 0.337 e. The maximum atomic E-state index is 11.4. The number of methoxy groups -OCH3 is 2. The van der Waals surface area contributed by atoms with Crippen molar-refractivity contribution < 1.29 is 28.8 Å². The first-order valence-corrected chi connectivity index (χ1v) is 7.26. The molecule has 0 unspecified atom stereocenters. The van der Waals surface area contributed by atoms with Gasteiger partial charge in [0, 0.05) is 13.0 Å². The van der Waals surface area contributed by atoms with Crippen LogP contribution in [0.1, 0.15) is 18.4 Å². The Bertz CT molecular complexity index is 472. The van der Waals surface area contributed by atoms with Crippen LogP contribution in [0.25, 0.3) is 0 Å². The molecule has 0 bridgehead atoms. The topological polar surface area (TPSA) is 74.2 Å². The van der Waals surface area contributed by atoms with Gasteiger partial charge in [0.15, 0.2) is 6.10 Å². The van der Waals surface area contributed by atoms with Crippen LogP contribution in [0, 0.1) is 0 Å². The van der Waals surface area contributed by atoms with E-state index in [1.54, 1.807) is 7.11 Å². The molecule has 0 spiro atoms. The van der Waals surface area contributed by atoms with Crippen LogP contribution in [0.2, 0.25) is 0 Å². The normalized spacial score (nSPS) is 24.2. The van der Waals surface area contributed by atoms with Crippen LogP contribution >= 0.6 is 0 Å². The third-order valence-electron chi connectivity index (χ3n) is 3.64. The van der Waals surface area contributed by atoms with Gasteiger partial charge in [-0.15, -0.1) is 0 Å². The van der Waals surface area contributed by atoms with E-state index in [0.717, 1.165) is 11.3 Å². The first kappa shape index (κ1) is 16.7. The number of benzene rings is 1. The first-order valence-electron chi connectivity index (χ1n) is 7.26. The van der Waals surface area contributed by atoms with Crippen LogP contribution < -0.4 is 4.74 Å². The van der Waals surface area contributed by atoms with Crippen molar-refractivity contribution in [3.8, 4) is 5.75 Å². The molecule has 1 aromatic rings. The Labute approximate surface area is 129 Å². The average molecular weight is 310 g/mol. The van der Waals surface area contributed by atoms with Crippen LogP contribution in [0.5, 0.6) is 5.75 Å². The number of carbonyl (C=O) groups excluding carboxylic acids is 1. The molecule has 1 N–H and O–H groups in total. The molecule has 0 radical (unpaired) electrons. The number of carbonyl (C=O) groups is 1. The lowest BCUT2D eigenvalue weighted by Gasteiger charge is -2.12. The molecule has 0 aliphatic carbocycles. The van der Waals surface area contributed by atoms with Gasteiger partial charge in [-0.1, -0.05) is 12.1 Å². The molecule has 1 heterocycles. The van der Waals surface area contributed by atoms with Gasteiger partial charge in [0.05, 0.1) is 33.0 Å². The van der Waals surface area contributed by atoms with Gasteiger partial charge in [0.25, 0.3) is 0 Å². The maximum absolute atomic E-state index is 11.4. The Balaban J connectivity index is 1.67. The molecule has 0 amide bonds. The van der Waals surface area contributed by atoms with E-state index >= 15 is 0 Å². The van der Waals surface area contributed by atoms with Gasteiger partial charge < -0.3 is 24.1 Å². The third-order valence-corrected chi connectivity index (χ3v) is 3.64. The van der Waals surface area contributed by atoms with E-state index in [2.05, 4.69) is 4.74 Å². The minimum absolute atomic E-state index is 0.185. The summed E-state index contributed by atoms with van der Waals surface area (Å²) in [5.41, 5.74) is 1.06. The van der Waals surface area contributed by atoms with Crippen molar-refractivity contribution in [3.05, 3.63) is 29.8 Å². The van der Waals surface area contributed by atoms with Gasteiger partial charge in [-0.2, -0.15) is 0 Å². The molecular formula is C16H22O6. The van der Waals surface area contributed by atoms with Crippen LogP contribution in [0.15, 0.2) is 24.3 Å². The zero-order chi connectivity index (χ0) is 15.9. The van der Waals surface area contributed by atoms with E-state index in [1.165, 1.54) is 7.11 Å². The largest absolute Gasteiger partial charge is 0.497 e. The predicted octanol–water partition coefficient (Wildman–Crippen LogP) is 1.29. The Kier molecular flexibility index (Phi) is 6.18. The molecule has 1 saturated heterocycles. The molecule has 22 heavy (non-hydrogen) atoms. The molecule has 1 aliphatic heterocycles. The fourth-order valence-electron chi connectivity index (χ4n) is 2.39. The zero-order valence-electron chi connectivity index (χ0n) is 12.9. The number of ether oxygens (including phenoxy) is 4. The quantitative estimate of drug-likeness (QED) is 0.604. The number of hydrogen-bond donors (Lipinski definition) is 1. The number of aliphatic hydroxyl groups is 1. The van der Waals surface area contributed by atoms with Gasteiger partial charge in [0.2, 0.25) is 0 Å². The highest BCUT2D eigenvalue weighted by Crippen LogP contribution is 2.23. The number of aliphatic hydroxyl groups excluding tert-OH is 1. The lowest BCUT2D eigenvalue weighted by molar-refractivity contribution is -0.157. The van der Waals surface area contributed by atoms with E-state index in [1.807, 2.05) is 24.3 Å². The standard InChI is InChI=1S/C16H22O6/c1-19-12-5-3-11(4-6-12)10-21-8-7-13-9-14(17)15(22-13)16(18)20-2/h3-6,13-15,17H,7-10H2,1-2H3/t13-,14-,15+/m1/s1. The summed E-state index contributed by atoms with van der Waals surface area (Å²) < 4.78 is 20.8. The Morgan fingerprint density at radius 3 is 2.68 bits per heavy atom. The summed E-state index contributed by atoms with van der Waals surface area (Å²) in [5, 5.41) is 9.77. The summed E-state index contributed by atoms with van der Waals surface area (Å²) >= 11 is 0. The van der Waals surface area contributed by atoms with Crippen molar-refractivity contribution in [1.82, 2.24) is 0 Å². The monoisotopic (exact) mass is 310 g/mol. The predicted molar refractivity (Wildman–Crippen MR) is 78.6 cm³/mol. The summed E-state index contributed by atoms with van der Waals surface area (Å²) in [6, 6.07) is 7.66. The molecule has 1 aliphatic rings. The first-order chi connectivity index (χ1) is 10.6. The molecular weight excluding hydrogens is 288 g/mol. The average Bonchev–Trinajstić information content (AvgIpc) is 2.92. The Hall–Kier alpha value is -1.63. The molecule has 1 aromatic carbocycles. The molecule has 122 valence electrons. The summed E-state index contributed by atoms with van der Waals surface area (Å²) in [6.45, 7) is 0.997. The molecule has 0 aromatic heterocycles. The van der Waals surface area contributed by atoms with E-state index < -0.39 is 18.2 Å². The van der Waals surface area contributed by atoms with Crippen molar-refractivity contribution in [2.24, 2.45) is 0 Å². The van der Waals surface area contributed by atoms with Crippen LogP contribution in [-0.4, -0.2) is 50.2 Å². The van der Waals surface area contributed by atoms with Gasteiger partial charge in [-0.3, -0.25) is 0 Å². The van der Waals surface area contributed by atoms with Crippen LogP contribution in [0.3, 0.4) is 0 Å². The second-order valence-corrected chi connectivity index (χ2v) is 5.19. The molecule has 2 rings (SSSR count). The Morgan fingerprint density at radius 1 is 1.32 bits per heavy atom. The lowest BCUT2D eigenvalue weighted by atomic mass is 10.1. The van der Waals surface area contributed by atoms with Crippen molar-refractivity contribution >= 4 is 5.97 Å². The Morgan fingerprint density at radius 2 is 2.05 bits per heavy atom. The van der Waals surface area contributed by atoms with Gasteiger partial charge in [0.1, 0.15) is 5.75 Å². The lowest BCUT2D eigenvalue weighted by Crippen LogP contribution is -2.31. The van der Waals surface area contributed by atoms with Gasteiger partial charge in [-0.05, 0) is 24.1 Å². The van der Waals surface area contributed by atoms with Crippen LogP contribution in [-0.2, 0) is 25.6 Å². The fourth-order valence-corrected chi connectivity index (χ4v) is 2.39. The van der Waals surface area contributed by atoms with Crippen LogP contribution in [0.4, 0.5) is 0 Å². The zero-order valence-corrected chi connectivity index (χ0v) is 12.9.